The Kier molecular flexibility index (Phi) is 8.58. The molecule has 10 nitrogen and oxygen atoms in total. The molecule has 3 heterocycles. The highest BCUT2D eigenvalue weighted by atomic mass is 32.2. The number of amidine groups is 2. The fourth-order valence-corrected chi connectivity index (χ4v) is 5.53. The van der Waals surface area contributed by atoms with Crippen LogP contribution in [0.4, 0.5) is 5.69 Å². The SMILES string of the molecule is COc1ccccc1CNC(=O)CC[C@@H]1N=C2c3ccccc3N=C(SCC(=O)NC[C@H]3CCCO3)N2C1=O. The summed E-state index contributed by atoms with van der Waals surface area (Å²) in [6.07, 6.45) is 2.42. The largest absolute Gasteiger partial charge is 0.496 e. The first-order valence-corrected chi connectivity index (χ1v) is 14.0. The standard InChI is InChI=1S/C28H31N5O5S/c1-37-23-11-5-2-7-18(23)15-29-24(34)13-12-22-27(36)33-26(31-22)20-9-3-4-10-21(20)32-28(33)39-17-25(35)30-16-19-8-6-14-38-19/h2-5,7,9-11,19,22H,6,8,12-17H2,1H3,(H,29,34)(H,30,35)/t19-,22+/m1/s1. The summed E-state index contributed by atoms with van der Waals surface area (Å²) in [5.74, 6) is 0.752. The number of hydrogen-bond donors (Lipinski definition) is 2. The number of hydrogen-bond acceptors (Lipinski definition) is 8. The number of carbonyl (C=O) groups is 3. The zero-order chi connectivity index (χ0) is 27.2. The first-order valence-electron chi connectivity index (χ1n) is 13.0. The van der Waals surface area contributed by atoms with Crippen molar-refractivity contribution >= 4 is 46.2 Å². The molecule has 0 saturated carbocycles. The molecule has 2 aromatic rings. The number of benzene rings is 2. The maximum Gasteiger partial charge on any atom is 0.259 e. The van der Waals surface area contributed by atoms with Gasteiger partial charge in [-0.3, -0.25) is 19.4 Å². The molecule has 0 aliphatic carbocycles. The van der Waals surface area contributed by atoms with Crippen molar-refractivity contribution in [2.75, 3.05) is 26.0 Å². The first kappa shape index (κ1) is 26.9. The van der Waals surface area contributed by atoms with E-state index < -0.39 is 6.04 Å². The van der Waals surface area contributed by atoms with Crippen molar-refractivity contribution in [3.8, 4) is 5.75 Å². The number of fused-ring (bicyclic) bond motifs is 3. The summed E-state index contributed by atoms with van der Waals surface area (Å²) < 4.78 is 10.9. The Morgan fingerprint density at radius 1 is 1.13 bits per heavy atom. The van der Waals surface area contributed by atoms with E-state index in [1.165, 1.54) is 16.7 Å². The Bertz CT molecular complexity index is 1310. The van der Waals surface area contributed by atoms with Crippen molar-refractivity contribution in [2.45, 2.75) is 44.4 Å². The van der Waals surface area contributed by atoms with Crippen molar-refractivity contribution in [1.29, 1.82) is 0 Å². The summed E-state index contributed by atoms with van der Waals surface area (Å²) in [4.78, 5) is 49.3. The topological polar surface area (TPSA) is 122 Å². The zero-order valence-corrected chi connectivity index (χ0v) is 22.5. The number of nitrogens with zero attached hydrogens (tertiary/aromatic N) is 3. The Balaban J connectivity index is 1.20. The maximum atomic E-state index is 13.4. The van der Waals surface area contributed by atoms with E-state index in [4.69, 9.17) is 14.5 Å². The van der Waals surface area contributed by atoms with Crippen LogP contribution in [-0.4, -0.2) is 71.8 Å². The van der Waals surface area contributed by atoms with Crippen molar-refractivity contribution in [2.24, 2.45) is 9.98 Å². The second-order valence-corrected chi connectivity index (χ2v) is 10.4. The van der Waals surface area contributed by atoms with Crippen LogP contribution >= 0.6 is 11.8 Å². The maximum absolute atomic E-state index is 13.4. The van der Waals surface area contributed by atoms with Gasteiger partial charge in [0.25, 0.3) is 5.91 Å². The molecule has 5 rings (SSSR count). The smallest absolute Gasteiger partial charge is 0.259 e. The number of para-hydroxylation sites is 2. The number of rotatable bonds is 10. The Morgan fingerprint density at radius 3 is 2.77 bits per heavy atom. The summed E-state index contributed by atoms with van der Waals surface area (Å²) in [7, 11) is 1.59. The van der Waals surface area contributed by atoms with Crippen LogP contribution in [0.3, 0.4) is 0 Å². The third kappa shape index (κ3) is 6.31. The molecule has 11 heteroatoms. The summed E-state index contributed by atoms with van der Waals surface area (Å²) in [6.45, 7) is 1.54. The van der Waals surface area contributed by atoms with E-state index in [1.807, 2.05) is 48.5 Å². The van der Waals surface area contributed by atoms with Gasteiger partial charge in [0.15, 0.2) is 5.17 Å². The van der Waals surface area contributed by atoms with Crippen molar-refractivity contribution in [1.82, 2.24) is 15.5 Å². The number of thioether (sulfide) groups is 1. The summed E-state index contributed by atoms with van der Waals surface area (Å²) >= 11 is 1.20. The molecule has 0 unspecified atom stereocenters. The van der Waals surface area contributed by atoms with Crippen LogP contribution < -0.4 is 15.4 Å². The van der Waals surface area contributed by atoms with Gasteiger partial charge in [0.2, 0.25) is 11.8 Å². The quantitative estimate of drug-likeness (QED) is 0.470. The van der Waals surface area contributed by atoms with E-state index in [0.29, 0.717) is 35.5 Å². The van der Waals surface area contributed by atoms with Gasteiger partial charge in [-0.25, -0.2) is 9.89 Å². The predicted molar refractivity (Wildman–Crippen MR) is 149 cm³/mol. The molecule has 0 bridgehead atoms. The van der Waals surface area contributed by atoms with E-state index >= 15 is 0 Å². The zero-order valence-electron chi connectivity index (χ0n) is 21.7. The van der Waals surface area contributed by atoms with E-state index in [0.717, 1.165) is 30.6 Å². The molecule has 3 aliphatic rings. The van der Waals surface area contributed by atoms with Crippen molar-refractivity contribution in [3.63, 3.8) is 0 Å². The minimum Gasteiger partial charge on any atom is -0.496 e. The normalized spacial score (nSPS) is 19.6. The summed E-state index contributed by atoms with van der Waals surface area (Å²) in [5.41, 5.74) is 2.32. The molecule has 2 N–H and O–H groups in total. The molecule has 0 spiro atoms. The molecule has 0 aromatic heterocycles. The molecule has 2 atom stereocenters. The summed E-state index contributed by atoms with van der Waals surface area (Å²) in [6, 6.07) is 14.3. The lowest BCUT2D eigenvalue weighted by molar-refractivity contribution is -0.125. The van der Waals surface area contributed by atoms with Gasteiger partial charge in [-0.05, 0) is 37.5 Å². The van der Waals surface area contributed by atoms with Crippen molar-refractivity contribution < 1.29 is 23.9 Å². The van der Waals surface area contributed by atoms with Crippen molar-refractivity contribution in [3.05, 3.63) is 59.7 Å². The van der Waals surface area contributed by atoms with Crippen LogP contribution in [0, 0.1) is 0 Å². The molecule has 39 heavy (non-hydrogen) atoms. The third-order valence-corrected chi connectivity index (χ3v) is 7.68. The average Bonchev–Trinajstić information content (AvgIpc) is 3.61. The Morgan fingerprint density at radius 2 is 1.95 bits per heavy atom. The highest BCUT2D eigenvalue weighted by Gasteiger charge is 2.41. The fraction of sp³-hybridized carbons (Fsp3) is 0.393. The lowest BCUT2D eigenvalue weighted by Gasteiger charge is -2.25. The second kappa shape index (κ2) is 12.4. The predicted octanol–water partition coefficient (Wildman–Crippen LogP) is 2.78. The van der Waals surface area contributed by atoms with E-state index in [9.17, 15) is 14.4 Å². The molecule has 1 fully saturated rings. The van der Waals surface area contributed by atoms with Crippen LogP contribution in [-0.2, 0) is 25.7 Å². The molecule has 3 amide bonds. The Hall–Kier alpha value is -3.70. The molecule has 2 aromatic carbocycles. The molecular weight excluding hydrogens is 518 g/mol. The number of nitrogens with one attached hydrogen (secondary N) is 2. The number of methoxy groups -OCH3 is 1. The van der Waals surface area contributed by atoms with E-state index in [-0.39, 0.29) is 42.4 Å². The van der Waals surface area contributed by atoms with Gasteiger partial charge >= 0.3 is 0 Å². The van der Waals surface area contributed by atoms with Gasteiger partial charge in [-0.1, -0.05) is 42.1 Å². The number of ether oxygens (including phenoxy) is 2. The van der Waals surface area contributed by atoms with Gasteiger partial charge in [-0.2, -0.15) is 0 Å². The monoisotopic (exact) mass is 549 g/mol. The van der Waals surface area contributed by atoms with Crippen LogP contribution in [0.2, 0.25) is 0 Å². The van der Waals surface area contributed by atoms with Gasteiger partial charge in [0.05, 0.1) is 24.7 Å². The highest BCUT2D eigenvalue weighted by molar-refractivity contribution is 8.14. The molecule has 204 valence electrons. The number of carbonyl (C=O) groups excluding carboxylic acids is 3. The second-order valence-electron chi connectivity index (χ2n) is 9.41. The van der Waals surface area contributed by atoms with Gasteiger partial charge in [0, 0.05) is 37.2 Å². The Labute approximate surface area is 231 Å². The van der Waals surface area contributed by atoms with Gasteiger partial charge in [-0.15, -0.1) is 0 Å². The highest BCUT2D eigenvalue weighted by Crippen LogP contribution is 2.34. The van der Waals surface area contributed by atoms with Crippen LogP contribution in [0.1, 0.15) is 36.8 Å². The minimum absolute atomic E-state index is 0.0597. The molecule has 3 aliphatic heterocycles. The van der Waals surface area contributed by atoms with E-state index in [2.05, 4.69) is 15.6 Å². The van der Waals surface area contributed by atoms with Crippen LogP contribution in [0.5, 0.6) is 5.75 Å². The van der Waals surface area contributed by atoms with Gasteiger partial charge in [0.1, 0.15) is 17.6 Å². The minimum atomic E-state index is -0.706. The number of amides is 3. The van der Waals surface area contributed by atoms with E-state index in [1.54, 1.807) is 7.11 Å². The average molecular weight is 550 g/mol. The number of aliphatic imine (C=N–C) groups is 2. The molecule has 1 saturated heterocycles. The fourth-order valence-electron chi connectivity index (χ4n) is 4.70. The molecule has 0 radical (unpaired) electrons. The third-order valence-electron chi connectivity index (χ3n) is 6.74. The first-order chi connectivity index (χ1) is 19.0. The van der Waals surface area contributed by atoms with Crippen LogP contribution in [0.25, 0.3) is 0 Å². The van der Waals surface area contributed by atoms with Crippen LogP contribution in [0.15, 0.2) is 58.5 Å². The van der Waals surface area contributed by atoms with Gasteiger partial charge < -0.3 is 20.1 Å². The summed E-state index contributed by atoms with van der Waals surface area (Å²) in [5, 5.41) is 6.20. The lowest BCUT2D eigenvalue weighted by Crippen LogP contribution is -2.42. The lowest BCUT2D eigenvalue weighted by atomic mass is 10.1. The molecular formula is C28H31N5O5S.